The molecular weight excluding hydrogens is 485 g/mol. The molecule has 1 atom stereocenters. The summed E-state index contributed by atoms with van der Waals surface area (Å²) < 4.78 is 56.6. The molecule has 2 aromatic rings. The second-order valence-corrected chi connectivity index (χ2v) is 7.17. The van der Waals surface area contributed by atoms with Crippen molar-refractivity contribution >= 4 is 27.5 Å². The molecular formula is C20H22BrF3N2O5. The van der Waals surface area contributed by atoms with E-state index in [9.17, 15) is 23.1 Å². The number of rotatable bonds is 9. The highest BCUT2D eigenvalue weighted by atomic mass is 79.9. The summed E-state index contributed by atoms with van der Waals surface area (Å²) in [5.74, 6) is -1.32. The van der Waals surface area contributed by atoms with Gasteiger partial charge in [0.15, 0.2) is 5.56 Å². The van der Waals surface area contributed by atoms with E-state index in [1.165, 1.54) is 20.5 Å². The van der Waals surface area contributed by atoms with Crippen molar-refractivity contribution < 1.29 is 37.3 Å². The number of nitrogens with zero attached hydrogens (tertiary/aromatic N) is 2. The molecule has 0 bridgehead atoms. The topological polar surface area (TPSA) is 82.8 Å². The summed E-state index contributed by atoms with van der Waals surface area (Å²) in [6.07, 6.45) is -4.08. The molecule has 1 N–H and O–H groups in total. The molecule has 2 rings (SSSR count). The highest BCUT2D eigenvalue weighted by molar-refractivity contribution is 9.10. The number of halogens is 4. The number of benzene rings is 1. The number of hydrogen-bond donors (Lipinski definition) is 1. The van der Waals surface area contributed by atoms with Gasteiger partial charge in [0.05, 0.1) is 33.1 Å². The Morgan fingerprint density at radius 1 is 1.32 bits per heavy atom. The smallest absolute Gasteiger partial charge is 0.424 e. The first-order valence-corrected chi connectivity index (χ1v) is 9.97. The summed E-state index contributed by atoms with van der Waals surface area (Å²) in [7, 11) is 2.56. The summed E-state index contributed by atoms with van der Waals surface area (Å²) in [4.78, 5) is 12.1. The van der Waals surface area contributed by atoms with Crippen LogP contribution in [0.1, 0.15) is 30.0 Å². The van der Waals surface area contributed by atoms with Crippen molar-refractivity contribution in [1.29, 1.82) is 0 Å². The van der Waals surface area contributed by atoms with Gasteiger partial charge in [-0.2, -0.15) is 13.2 Å². The standard InChI is InChI=1S/C20H22BrF3N2O5/c1-4-13(27)9-26-17(21)16(20(22,23)24)18(25-26)31-10-12-7-5-6-8-14(12)15(11-29-2)19(28)30-3/h5-8,11,13,27H,4,9-10H2,1-3H3/b15-11+. The summed E-state index contributed by atoms with van der Waals surface area (Å²) >= 11 is 2.91. The molecule has 1 aromatic carbocycles. The van der Waals surface area contributed by atoms with Gasteiger partial charge in [0.25, 0.3) is 0 Å². The normalized spacial score (nSPS) is 13.1. The van der Waals surface area contributed by atoms with E-state index in [2.05, 4.69) is 21.0 Å². The van der Waals surface area contributed by atoms with Crippen LogP contribution in [0.25, 0.3) is 5.57 Å². The lowest BCUT2D eigenvalue weighted by molar-refractivity contribution is -0.139. The largest absolute Gasteiger partial charge is 0.503 e. The van der Waals surface area contributed by atoms with Crippen LogP contribution in [-0.4, -0.2) is 41.2 Å². The van der Waals surface area contributed by atoms with E-state index in [0.29, 0.717) is 17.5 Å². The Morgan fingerprint density at radius 3 is 2.58 bits per heavy atom. The van der Waals surface area contributed by atoms with E-state index >= 15 is 0 Å². The predicted molar refractivity (Wildman–Crippen MR) is 109 cm³/mol. The van der Waals surface area contributed by atoms with Crippen LogP contribution in [0.4, 0.5) is 13.2 Å². The van der Waals surface area contributed by atoms with Crippen LogP contribution < -0.4 is 4.74 Å². The minimum absolute atomic E-state index is 0.0815. The van der Waals surface area contributed by atoms with Crippen molar-refractivity contribution in [3.8, 4) is 5.88 Å². The number of carbonyl (C=O) groups is 1. The van der Waals surface area contributed by atoms with Crippen LogP contribution in [0.15, 0.2) is 35.1 Å². The van der Waals surface area contributed by atoms with E-state index in [-0.39, 0.29) is 23.3 Å². The van der Waals surface area contributed by atoms with Gasteiger partial charge in [0.1, 0.15) is 16.8 Å². The second-order valence-electron chi connectivity index (χ2n) is 6.42. The van der Waals surface area contributed by atoms with Gasteiger partial charge >= 0.3 is 12.1 Å². The Kier molecular flexibility index (Phi) is 8.52. The number of aromatic nitrogens is 2. The van der Waals surface area contributed by atoms with Gasteiger partial charge in [-0.05, 0) is 33.5 Å². The monoisotopic (exact) mass is 506 g/mol. The first-order valence-electron chi connectivity index (χ1n) is 9.17. The van der Waals surface area contributed by atoms with Crippen molar-refractivity contribution in [3.63, 3.8) is 0 Å². The third-order valence-electron chi connectivity index (χ3n) is 4.31. The molecule has 1 heterocycles. The van der Waals surface area contributed by atoms with Gasteiger partial charge in [-0.1, -0.05) is 31.2 Å². The third-order valence-corrected chi connectivity index (χ3v) is 5.12. The zero-order valence-electron chi connectivity index (χ0n) is 17.1. The number of ether oxygens (including phenoxy) is 3. The molecule has 0 aliphatic carbocycles. The zero-order chi connectivity index (χ0) is 23.2. The number of aliphatic hydroxyl groups is 1. The fraction of sp³-hybridized carbons (Fsp3) is 0.400. The Morgan fingerprint density at radius 2 is 2.00 bits per heavy atom. The fourth-order valence-corrected chi connectivity index (χ4v) is 3.33. The molecule has 0 fully saturated rings. The molecule has 0 spiro atoms. The zero-order valence-corrected chi connectivity index (χ0v) is 18.7. The first kappa shape index (κ1) is 24.7. The molecule has 0 saturated carbocycles. The maximum Gasteiger partial charge on any atom is 0.424 e. The minimum atomic E-state index is -4.74. The first-order chi connectivity index (χ1) is 14.6. The highest BCUT2D eigenvalue weighted by Gasteiger charge is 2.41. The minimum Gasteiger partial charge on any atom is -0.503 e. The van der Waals surface area contributed by atoms with Gasteiger partial charge in [-0.15, -0.1) is 5.10 Å². The maximum absolute atomic E-state index is 13.6. The van der Waals surface area contributed by atoms with Gasteiger partial charge in [0, 0.05) is 0 Å². The molecule has 7 nitrogen and oxygen atoms in total. The molecule has 1 aromatic heterocycles. The molecule has 0 radical (unpaired) electrons. The SMILES string of the molecule is CCC(O)Cn1nc(OCc2ccccc2/C(=C\OC)C(=O)OC)c(C(F)(F)F)c1Br. The Bertz CT molecular complexity index is 943. The molecule has 0 aliphatic rings. The van der Waals surface area contributed by atoms with Crippen molar-refractivity contribution in [2.75, 3.05) is 14.2 Å². The van der Waals surface area contributed by atoms with Crippen molar-refractivity contribution in [2.24, 2.45) is 0 Å². The molecule has 31 heavy (non-hydrogen) atoms. The Hall–Kier alpha value is -2.53. The van der Waals surface area contributed by atoms with E-state index in [1.807, 2.05) is 0 Å². The molecule has 170 valence electrons. The average Bonchev–Trinajstić information content (AvgIpc) is 3.05. The van der Waals surface area contributed by atoms with E-state index in [1.54, 1.807) is 31.2 Å². The van der Waals surface area contributed by atoms with Crippen LogP contribution >= 0.6 is 15.9 Å². The Labute approximate surface area is 185 Å². The van der Waals surface area contributed by atoms with Crippen molar-refractivity contribution in [3.05, 3.63) is 51.8 Å². The highest BCUT2D eigenvalue weighted by Crippen LogP contribution is 2.41. The maximum atomic E-state index is 13.6. The summed E-state index contributed by atoms with van der Waals surface area (Å²) in [5.41, 5.74) is -0.208. The van der Waals surface area contributed by atoms with Gasteiger partial charge < -0.3 is 19.3 Å². The molecule has 0 amide bonds. The summed E-state index contributed by atoms with van der Waals surface area (Å²) in [6.45, 7) is 1.26. The molecule has 0 aliphatic heterocycles. The fourth-order valence-electron chi connectivity index (χ4n) is 2.71. The van der Waals surface area contributed by atoms with E-state index < -0.39 is 29.7 Å². The lowest BCUT2D eigenvalue weighted by atomic mass is 10.0. The number of esters is 1. The van der Waals surface area contributed by atoms with Gasteiger partial charge in [-0.3, -0.25) is 4.68 Å². The predicted octanol–water partition coefficient (Wildman–Crippen LogP) is 4.17. The molecule has 1 unspecified atom stereocenters. The van der Waals surface area contributed by atoms with Crippen LogP contribution in [0.3, 0.4) is 0 Å². The van der Waals surface area contributed by atoms with Gasteiger partial charge in [-0.25, -0.2) is 4.79 Å². The third kappa shape index (κ3) is 6.01. The molecule has 11 heteroatoms. The lowest BCUT2D eigenvalue weighted by Gasteiger charge is -2.13. The summed E-state index contributed by atoms with van der Waals surface area (Å²) in [5, 5.41) is 13.7. The van der Waals surface area contributed by atoms with Crippen LogP contribution in [0.5, 0.6) is 5.88 Å². The molecule has 0 saturated heterocycles. The second kappa shape index (κ2) is 10.7. The number of alkyl halides is 3. The summed E-state index contributed by atoms with van der Waals surface area (Å²) in [6, 6.07) is 6.50. The lowest BCUT2D eigenvalue weighted by Crippen LogP contribution is -2.16. The number of methoxy groups -OCH3 is 2. The van der Waals surface area contributed by atoms with Crippen molar-refractivity contribution in [1.82, 2.24) is 9.78 Å². The Balaban J connectivity index is 2.40. The van der Waals surface area contributed by atoms with Gasteiger partial charge in [0.2, 0.25) is 5.88 Å². The van der Waals surface area contributed by atoms with Crippen LogP contribution in [0.2, 0.25) is 0 Å². The van der Waals surface area contributed by atoms with E-state index in [0.717, 1.165) is 4.68 Å². The van der Waals surface area contributed by atoms with Crippen LogP contribution in [-0.2, 0) is 33.6 Å². The van der Waals surface area contributed by atoms with E-state index in [4.69, 9.17) is 14.2 Å². The van der Waals surface area contributed by atoms with Crippen molar-refractivity contribution in [2.45, 2.75) is 38.8 Å². The number of carbonyl (C=O) groups excluding carboxylic acids is 1. The quantitative estimate of drug-likeness (QED) is 0.312. The number of aliphatic hydroxyl groups excluding tert-OH is 1. The number of hydrogen-bond acceptors (Lipinski definition) is 6. The van der Waals surface area contributed by atoms with Crippen LogP contribution in [0, 0.1) is 0 Å². The average molecular weight is 507 g/mol.